The molecule has 0 radical (unpaired) electrons. The average molecular weight is 260 g/mol. The zero-order valence-corrected chi connectivity index (χ0v) is 11.6. The lowest BCUT2D eigenvalue weighted by atomic mass is 10.1. The second-order valence-electron chi connectivity index (χ2n) is 4.46. The van der Waals surface area contributed by atoms with Gasteiger partial charge in [0.15, 0.2) is 0 Å². The Labute approximate surface area is 111 Å². The fourth-order valence-corrected chi connectivity index (χ4v) is 2.39. The minimum absolute atomic E-state index is 0.0313. The molecule has 0 fully saturated rings. The van der Waals surface area contributed by atoms with Crippen LogP contribution in [0.4, 0.5) is 0 Å². The molecule has 0 atom stereocenters. The number of carbonyl (C=O) groups excluding carboxylic acids is 1. The Morgan fingerprint density at radius 2 is 2.17 bits per heavy atom. The summed E-state index contributed by atoms with van der Waals surface area (Å²) in [6, 6.07) is 6.29. The van der Waals surface area contributed by atoms with E-state index < -0.39 is 0 Å². The molecular formula is C14H16N2OS. The van der Waals surface area contributed by atoms with E-state index in [-0.39, 0.29) is 5.91 Å². The monoisotopic (exact) mass is 260 g/mol. The number of benzene rings is 1. The summed E-state index contributed by atoms with van der Waals surface area (Å²) in [5.41, 5.74) is 5.83. The third kappa shape index (κ3) is 2.76. The van der Waals surface area contributed by atoms with Crippen molar-refractivity contribution in [3.8, 4) is 0 Å². The minimum Gasteiger partial charge on any atom is -0.336 e. The number of nitrogens with zero attached hydrogens (tertiary/aromatic N) is 2. The van der Waals surface area contributed by atoms with E-state index in [4.69, 9.17) is 0 Å². The third-order valence-electron chi connectivity index (χ3n) is 2.90. The molecule has 1 amide bonds. The third-order valence-corrected chi connectivity index (χ3v) is 3.49. The SMILES string of the molecule is Cc1ccc(CN(C)C(=O)c2cscn2)c(C)c1. The Balaban J connectivity index is 2.11. The number of aromatic nitrogens is 1. The van der Waals surface area contributed by atoms with Crippen LogP contribution in [-0.4, -0.2) is 22.8 Å². The molecule has 94 valence electrons. The molecule has 1 aromatic carbocycles. The summed E-state index contributed by atoms with van der Waals surface area (Å²) in [4.78, 5) is 17.8. The van der Waals surface area contributed by atoms with Gasteiger partial charge in [0, 0.05) is 19.0 Å². The molecule has 0 aliphatic heterocycles. The zero-order chi connectivity index (χ0) is 13.1. The van der Waals surface area contributed by atoms with Crippen molar-refractivity contribution >= 4 is 17.2 Å². The zero-order valence-electron chi connectivity index (χ0n) is 10.8. The van der Waals surface area contributed by atoms with E-state index in [9.17, 15) is 4.79 Å². The predicted octanol–water partition coefficient (Wildman–Crippen LogP) is 3.03. The molecule has 18 heavy (non-hydrogen) atoms. The van der Waals surface area contributed by atoms with Gasteiger partial charge >= 0.3 is 0 Å². The van der Waals surface area contributed by atoms with Gasteiger partial charge in [0.25, 0.3) is 5.91 Å². The van der Waals surface area contributed by atoms with E-state index in [1.165, 1.54) is 28.0 Å². The summed E-state index contributed by atoms with van der Waals surface area (Å²) < 4.78 is 0. The molecule has 0 spiro atoms. The maximum absolute atomic E-state index is 12.1. The van der Waals surface area contributed by atoms with Crippen LogP contribution in [0, 0.1) is 13.8 Å². The first kappa shape index (κ1) is 12.8. The fourth-order valence-electron chi connectivity index (χ4n) is 1.86. The lowest BCUT2D eigenvalue weighted by molar-refractivity contribution is 0.0780. The second-order valence-corrected chi connectivity index (χ2v) is 5.18. The van der Waals surface area contributed by atoms with Crippen molar-refractivity contribution in [3.05, 3.63) is 51.5 Å². The molecule has 4 heteroatoms. The normalized spacial score (nSPS) is 10.4. The molecule has 1 heterocycles. The number of rotatable bonds is 3. The molecule has 1 aromatic heterocycles. The predicted molar refractivity (Wildman–Crippen MR) is 73.8 cm³/mol. The lowest BCUT2D eigenvalue weighted by Crippen LogP contribution is -2.26. The number of aryl methyl sites for hydroxylation is 2. The van der Waals surface area contributed by atoms with Crippen molar-refractivity contribution < 1.29 is 4.79 Å². The van der Waals surface area contributed by atoms with Crippen LogP contribution in [0.15, 0.2) is 29.1 Å². The molecular weight excluding hydrogens is 244 g/mol. The molecule has 0 N–H and O–H groups in total. The highest BCUT2D eigenvalue weighted by Gasteiger charge is 2.14. The molecule has 2 aromatic rings. The first-order valence-electron chi connectivity index (χ1n) is 5.77. The van der Waals surface area contributed by atoms with Crippen LogP contribution in [0.2, 0.25) is 0 Å². The number of amides is 1. The first-order chi connectivity index (χ1) is 8.58. The van der Waals surface area contributed by atoms with Gasteiger partial charge in [0.05, 0.1) is 5.51 Å². The van der Waals surface area contributed by atoms with Gasteiger partial charge in [0.1, 0.15) is 5.69 Å². The molecule has 3 nitrogen and oxygen atoms in total. The Morgan fingerprint density at radius 1 is 1.39 bits per heavy atom. The molecule has 0 saturated carbocycles. The first-order valence-corrected chi connectivity index (χ1v) is 6.72. The number of hydrogen-bond acceptors (Lipinski definition) is 3. The van der Waals surface area contributed by atoms with Gasteiger partial charge in [-0.15, -0.1) is 11.3 Å². The van der Waals surface area contributed by atoms with Crippen molar-refractivity contribution in [2.45, 2.75) is 20.4 Å². The van der Waals surface area contributed by atoms with E-state index >= 15 is 0 Å². The summed E-state index contributed by atoms with van der Waals surface area (Å²) in [7, 11) is 1.81. The van der Waals surface area contributed by atoms with Crippen LogP contribution in [0.5, 0.6) is 0 Å². The van der Waals surface area contributed by atoms with Crippen LogP contribution >= 0.6 is 11.3 Å². The molecule has 0 aliphatic rings. The van der Waals surface area contributed by atoms with E-state index in [0.717, 1.165) is 0 Å². The van der Waals surface area contributed by atoms with E-state index in [0.29, 0.717) is 12.2 Å². The van der Waals surface area contributed by atoms with Crippen molar-refractivity contribution in [2.24, 2.45) is 0 Å². The van der Waals surface area contributed by atoms with Gasteiger partial charge in [-0.1, -0.05) is 23.8 Å². The largest absolute Gasteiger partial charge is 0.336 e. The van der Waals surface area contributed by atoms with Gasteiger partial charge in [-0.2, -0.15) is 0 Å². The quantitative estimate of drug-likeness (QED) is 0.850. The molecule has 0 unspecified atom stereocenters. The van der Waals surface area contributed by atoms with Crippen molar-refractivity contribution in [3.63, 3.8) is 0 Å². The van der Waals surface area contributed by atoms with E-state index in [1.807, 2.05) is 0 Å². The highest BCUT2D eigenvalue weighted by Crippen LogP contribution is 2.14. The van der Waals surface area contributed by atoms with Crippen LogP contribution < -0.4 is 0 Å². The summed E-state index contributed by atoms with van der Waals surface area (Å²) in [5, 5.41) is 1.78. The van der Waals surface area contributed by atoms with Crippen LogP contribution in [0.3, 0.4) is 0 Å². The van der Waals surface area contributed by atoms with Gasteiger partial charge in [0.2, 0.25) is 0 Å². The summed E-state index contributed by atoms with van der Waals surface area (Å²) in [6.45, 7) is 4.76. The van der Waals surface area contributed by atoms with E-state index in [2.05, 4.69) is 37.0 Å². The minimum atomic E-state index is -0.0313. The van der Waals surface area contributed by atoms with Crippen molar-refractivity contribution in [1.82, 2.24) is 9.88 Å². The van der Waals surface area contributed by atoms with Gasteiger partial charge in [-0.25, -0.2) is 4.98 Å². The van der Waals surface area contributed by atoms with Crippen molar-refractivity contribution in [1.29, 1.82) is 0 Å². The number of hydrogen-bond donors (Lipinski definition) is 0. The summed E-state index contributed by atoms with van der Waals surface area (Å²) in [5.74, 6) is -0.0313. The Bertz CT molecular complexity index is 549. The van der Waals surface area contributed by atoms with Crippen molar-refractivity contribution in [2.75, 3.05) is 7.05 Å². The van der Waals surface area contributed by atoms with Gasteiger partial charge in [-0.3, -0.25) is 4.79 Å². The molecule has 0 bridgehead atoms. The van der Waals surface area contributed by atoms with Crippen LogP contribution in [0.25, 0.3) is 0 Å². The maximum atomic E-state index is 12.1. The van der Waals surface area contributed by atoms with Gasteiger partial charge < -0.3 is 4.90 Å². The Morgan fingerprint density at radius 3 is 2.78 bits per heavy atom. The molecule has 0 saturated heterocycles. The van der Waals surface area contributed by atoms with Gasteiger partial charge in [-0.05, 0) is 25.0 Å². The summed E-state index contributed by atoms with van der Waals surface area (Å²) >= 11 is 1.44. The fraction of sp³-hybridized carbons (Fsp3) is 0.286. The Hall–Kier alpha value is -1.68. The maximum Gasteiger partial charge on any atom is 0.273 e. The lowest BCUT2D eigenvalue weighted by Gasteiger charge is -2.17. The second kappa shape index (κ2) is 5.31. The summed E-state index contributed by atoms with van der Waals surface area (Å²) in [6.07, 6.45) is 0. The van der Waals surface area contributed by atoms with E-state index in [1.54, 1.807) is 22.8 Å². The standard InChI is InChI=1S/C14H16N2OS/c1-10-4-5-12(11(2)6-10)7-16(3)14(17)13-8-18-9-15-13/h4-6,8-9H,7H2,1-3H3. The average Bonchev–Trinajstić information content (AvgIpc) is 2.85. The number of thiazole rings is 1. The number of carbonyl (C=O) groups is 1. The highest BCUT2D eigenvalue weighted by molar-refractivity contribution is 7.07. The van der Waals surface area contributed by atoms with Crippen LogP contribution in [-0.2, 0) is 6.54 Å². The van der Waals surface area contributed by atoms with Crippen LogP contribution in [0.1, 0.15) is 27.2 Å². The highest BCUT2D eigenvalue weighted by atomic mass is 32.1. The molecule has 2 rings (SSSR count). The Kier molecular flexibility index (Phi) is 3.77. The smallest absolute Gasteiger partial charge is 0.273 e. The molecule has 0 aliphatic carbocycles. The topological polar surface area (TPSA) is 33.2 Å².